The predicted molar refractivity (Wildman–Crippen MR) is 73.6 cm³/mol. The summed E-state index contributed by atoms with van der Waals surface area (Å²) < 4.78 is 0. The van der Waals surface area contributed by atoms with Gasteiger partial charge in [-0.3, -0.25) is 14.5 Å². The molecule has 0 saturated heterocycles. The molecule has 0 aromatic heterocycles. The molecule has 108 valence electrons. The van der Waals surface area contributed by atoms with Gasteiger partial charge < -0.3 is 15.7 Å². The summed E-state index contributed by atoms with van der Waals surface area (Å²) in [4.78, 5) is 34.7. The molecule has 7 nitrogen and oxygen atoms in total. The average Bonchev–Trinajstić information content (AvgIpc) is 2.42. The highest BCUT2D eigenvalue weighted by Gasteiger charge is 2.12. The van der Waals surface area contributed by atoms with E-state index >= 15 is 0 Å². The maximum atomic E-state index is 11.8. The lowest BCUT2D eigenvalue weighted by molar-refractivity contribution is -0.137. The third kappa shape index (κ3) is 4.97. The summed E-state index contributed by atoms with van der Waals surface area (Å²) in [6.07, 6.45) is 0. The van der Waals surface area contributed by atoms with E-state index in [1.54, 1.807) is 19.2 Å². The van der Waals surface area contributed by atoms with Crippen molar-refractivity contribution in [2.75, 3.05) is 25.0 Å². The minimum absolute atomic E-state index is 0.275. The number of benzene rings is 1. The fourth-order valence-corrected chi connectivity index (χ4v) is 1.40. The van der Waals surface area contributed by atoms with E-state index in [1.165, 1.54) is 4.90 Å². The molecule has 0 radical (unpaired) electrons. The van der Waals surface area contributed by atoms with Crippen LogP contribution in [0, 0.1) is 6.92 Å². The molecule has 0 aliphatic heterocycles. The number of nitrogens with zero attached hydrogens (tertiary/aromatic N) is 1. The van der Waals surface area contributed by atoms with Crippen molar-refractivity contribution in [1.82, 2.24) is 10.6 Å². The number of amides is 3. The number of carbonyl (C=O) groups excluding carboxylic acids is 2. The first-order valence-corrected chi connectivity index (χ1v) is 5.97. The minimum atomic E-state index is -1.14. The lowest BCUT2D eigenvalue weighted by Crippen LogP contribution is -2.43. The molecule has 0 bridgehead atoms. The minimum Gasteiger partial charge on any atom is -0.480 e. The van der Waals surface area contributed by atoms with E-state index in [0.29, 0.717) is 5.69 Å². The monoisotopic (exact) mass is 279 g/mol. The van der Waals surface area contributed by atoms with Gasteiger partial charge in [0.1, 0.15) is 6.54 Å². The molecule has 0 heterocycles. The van der Waals surface area contributed by atoms with Gasteiger partial charge >= 0.3 is 12.0 Å². The molecule has 1 aromatic rings. The van der Waals surface area contributed by atoms with Crippen LogP contribution in [-0.4, -0.2) is 43.2 Å². The summed E-state index contributed by atoms with van der Waals surface area (Å²) in [5.74, 6) is -1.69. The third-order valence-corrected chi connectivity index (χ3v) is 2.56. The SMILES string of the molecule is Cc1ccc(N(C)C(=O)NCC(=O)NCC(=O)O)cc1. The summed E-state index contributed by atoms with van der Waals surface area (Å²) in [7, 11) is 1.58. The van der Waals surface area contributed by atoms with Gasteiger partial charge in [0.15, 0.2) is 0 Å². The topological polar surface area (TPSA) is 98.7 Å². The molecule has 1 aromatic carbocycles. The summed E-state index contributed by atoms with van der Waals surface area (Å²) in [5, 5.41) is 12.9. The third-order valence-electron chi connectivity index (χ3n) is 2.56. The molecule has 0 saturated carbocycles. The van der Waals surface area contributed by atoms with Gasteiger partial charge in [-0.25, -0.2) is 4.79 Å². The number of rotatable bonds is 5. The van der Waals surface area contributed by atoms with Crippen molar-refractivity contribution in [2.24, 2.45) is 0 Å². The average molecular weight is 279 g/mol. The van der Waals surface area contributed by atoms with Crippen molar-refractivity contribution in [3.8, 4) is 0 Å². The molecule has 0 spiro atoms. The van der Waals surface area contributed by atoms with E-state index in [2.05, 4.69) is 10.6 Å². The normalized spacial score (nSPS) is 9.70. The van der Waals surface area contributed by atoms with E-state index in [-0.39, 0.29) is 6.54 Å². The van der Waals surface area contributed by atoms with Crippen molar-refractivity contribution in [1.29, 1.82) is 0 Å². The summed E-state index contributed by atoms with van der Waals surface area (Å²) in [6.45, 7) is 1.20. The number of aliphatic carboxylic acids is 1. The maximum Gasteiger partial charge on any atom is 0.322 e. The Labute approximate surface area is 116 Å². The predicted octanol–water partition coefficient (Wildman–Crippen LogP) is 0.342. The van der Waals surface area contributed by atoms with Crippen LogP contribution in [0.2, 0.25) is 0 Å². The zero-order valence-electron chi connectivity index (χ0n) is 11.3. The van der Waals surface area contributed by atoms with Gasteiger partial charge in [-0.1, -0.05) is 17.7 Å². The lowest BCUT2D eigenvalue weighted by Gasteiger charge is -2.18. The molecule has 1 rings (SSSR count). The molecule has 3 N–H and O–H groups in total. The first-order valence-electron chi connectivity index (χ1n) is 5.97. The number of carbonyl (C=O) groups is 3. The standard InChI is InChI=1S/C13H17N3O4/c1-9-3-5-10(6-4-9)16(2)13(20)15-7-11(17)14-8-12(18)19/h3-6H,7-8H2,1-2H3,(H,14,17)(H,15,20)(H,18,19). The van der Waals surface area contributed by atoms with Gasteiger partial charge in [-0.05, 0) is 19.1 Å². The molecule has 7 heteroatoms. The van der Waals surface area contributed by atoms with E-state index in [4.69, 9.17) is 5.11 Å². The molecule has 0 atom stereocenters. The smallest absolute Gasteiger partial charge is 0.322 e. The maximum absolute atomic E-state index is 11.8. The Kier molecular flexibility index (Phi) is 5.52. The molecular formula is C13H17N3O4. The second kappa shape index (κ2) is 7.13. The number of nitrogens with one attached hydrogen (secondary N) is 2. The Morgan fingerprint density at radius 1 is 1.10 bits per heavy atom. The van der Waals surface area contributed by atoms with Crippen LogP contribution in [0.5, 0.6) is 0 Å². The van der Waals surface area contributed by atoms with Crippen LogP contribution in [0.1, 0.15) is 5.56 Å². The highest BCUT2D eigenvalue weighted by Crippen LogP contribution is 2.13. The second-order valence-electron chi connectivity index (χ2n) is 4.22. The van der Waals surface area contributed by atoms with Gasteiger partial charge in [0.2, 0.25) is 5.91 Å². The van der Waals surface area contributed by atoms with Crippen LogP contribution in [0.25, 0.3) is 0 Å². The van der Waals surface area contributed by atoms with Gasteiger partial charge in [-0.15, -0.1) is 0 Å². The van der Waals surface area contributed by atoms with E-state index in [9.17, 15) is 14.4 Å². The Balaban J connectivity index is 2.44. The largest absolute Gasteiger partial charge is 0.480 e. The molecule has 0 aliphatic rings. The van der Waals surface area contributed by atoms with Gasteiger partial charge in [0.25, 0.3) is 0 Å². The van der Waals surface area contributed by atoms with E-state index in [1.807, 2.05) is 19.1 Å². The second-order valence-corrected chi connectivity index (χ2v) is 4.22. The number of aryl methyl sites for hydroxylation is 1. The van der Waals surface area contributed by atoms with Crippen molar-refractivity contribution < 1.29 is 19.5 Å². The highest BCUT2D eigenvalue weighted by atomic mass is 16.4. The van der Waals surface area contributed by atoms with Gasteiger partial charge in [0, 0.05) is 12.7 Å². The molecule has 0 unspecified atom stereocenters. The number of hydrogen-bond acceptors (Lipinski definition) is 3. The number of carboxylic acid groups (broad SMARTS) is 1. The quantitative estimate of drug-likeness (QED) is 0.724. The number of carboxylic acids is 1. The van der Waals surface area contributed by atoms with Crippen LogP contribution < -0.4 is 15.5 Å². The van der Waals surface area contributed by atoms with Crippen LogP contribution in [0.15, 0.2) is 24.3 Å². The zero-order valence-corrected chi connectivity index (χ0v) is 11.3. The van der Waals surface area contributed by atoms with Crippen molar-refractivity contribution in [3.05, 3.63) is 29.8 Å². The first kappa shape index (κ1) is 15.5. The summed E-state index contributed by atoms with van der Waals surface area (Å²) in [6, 6.07) is 6.88. The Morgan fingerprint density at radius 2 is 1.70 bits per heavy atom. The van der Waals surface area contributed by atoms with E-state index in [0.717, 1.165) is 5.56 Å². The molecule has 0 fully saturated rings. The molecule has 20 heavy (non-hydrogen) atoms. The number of urea groups is 1. The van der Waals surface area contributed by atoms with Crippen LogP contribution >= 0.6 is 0 Å². The van der Waals surface area contributed by atoms with Gasteiger partial charge in [-0.2, -0.15) is 0 Å². The number of anilines is 1. The lowest BCUT2D eigenvalue weighted by atomic mass is 10.2. The highest BCUT2D eigenvalue weighted by molar-refractivity contribution is 5.94. The fraction of sp³-hybridized carbons (Fsp3) is 0.308. The molecular weight excluding hydrogens is 262 g/mol. The van der Waals surface area contributed by atoms with E-state index < -0.39 is 24.5 Å². The Morgan fingerprint density at radius 3 is 2.25 bits per heavy atom. The summed E-state index contributed by atoms with van der Waals surface area (Å²) in [5.41, 5.74) is 1.77. The van der Waals surface area contributed by atoms with Crippen molar-refractivity contribution >= 4 is 23.6 Å². The fourth-order valence-electron chi connectivity index (χ4n) is 1.40. The first-order chi connectivity index (χ1) is 9.40. The Hall–Kier alpha value is -2.57. The molecule has 3 amide bonds. The van der Waals surface area contributed by atoms with Crippen LogP contribution in [0.4, 0.5) is 10.5 Å². The zero-order chi connectivity index (χ0) is 15.1. The summed E-state index contributed by atoms with van der Waals surface area (Å²) >= 11 is 0. The number of hydrogen-bond donors (Lipinski definition) is 3. The van der Waals surface area contributed by atoms with Crippen LogP contribution in [0.3, 0.4) is 0 Å². The van der Waals surface area contributed by atoms with Crippen molar-refractivity contribution in [2.45, 2.75) is 6.92 Å². The Bertz CT molecular complexity index is 499. The molecule has 0 aliphatic carbocycles. The van der Waals surface area contributed by atoms with Gasteiger partial charge in [0.05, 0.1) is 6.54 Å². The van der Waals surface area contributed by atoms with Crippen LogP contribution in [-0.2, 0) is 9.59 Å². The van der Waals surface area contributed by atoms with Crippen molar-refractivity contribution in [3.63, 3.8) is 0 Å².